The van der Waals surface area contributed by atoms with Crippen LogP contribution < -0.4 is 15.8 Å². The van der Waals surface area contributed by atoms with Crippen LogP contribution in [-0.4, -0.2) is 33.3 Å². The smallest absolute Gasteiger partial charge is 0.406 e. The van der Waals surface area contributed by atoms with Crippen molar-refractivity contribution < 1.29 is 17.9 Å². The third kappa shape index (κ3) is 5.17. The molecule has 0 amide bonds. The molecule has 4 N–H and O–H groups in total. The van der Waals surface area contributed by atoms with E-state index in [2.05, 4.69) is 48.1 Å². The number of alkyl halides is 3. The third-order valence-electron chi connectivity index (χ3n) is 5.99. The first-order chi connectivity index (χ1) is 16.6. The maximum atomic E-state index is 12.3. The first kappa shape index (κ1) is 23.0. The monoisotopic (exact) mass is 482 g/mol. The number of halogens is 3. The van der Waals surface area contributed by atoms with Crippen LogP contribution >= 0.6 is 0 Å². The van der Waals surface area contributed by atoms with Gasteiger partial charge >= 0.3 is 6.36 Å². The van der Waals surface area contributed by atoms with E-state index in [1.165, 1.54) is 17.7 Å². The standard InChI is InChI=1S/C25H25F3N6O/c1-14-30-23-19(11-22(29)33-24(23)31-14)21-10-17-9-16(5-8-20(17)32-21)13-34(2)12-15-3-6-18(7-4-15)35-25(26,27)28/h3-9,11,21,32H,10,12-13H2,1-2H3,(H3,29,30,31,33). The summed E-state index contributed by atoms with van der Waals surface area (Å²) in [5, 5.41) is 3.58. The Labute approximate surface area is 200 Å². The summed E-state index contributed by atoms with van der Waals surface area (Å²) in [5.41, 5.74) is 12.9. The van der Waals surface area contributed by atoms with Crippen LogP contribution in [0.4, 0.5) is 24.7 Å². The summed E-state index contributed by atoms with van der Waals surface area (Å²) < 4.78 is 41.0. The summed E-state index contributed by atoms with van der Waals surface area (Å²) in [5.74, 6) is 1.02. The second-order valence-corrected chi connectivity index (χ2v) is 8.91. The Morgan fingerprint density at radius 3 is 2.51 bits per heavy atom. The molecule has 0 aliphatic carbocycles. The lowest BCUT2D eigenvalue weighted by Gasteiger charge is -2.18. The number of aromatic nitrogens is 3. The number of imidazole rings is 1. The van der Waals surface area contributed by atoms with Gasteiger partial charge in [0.25, 0.3) is 0 Å². The molecule has 0 spiro atoms. The predicted molar refractivity (Wildman–Crippen MR) is 128 cm³/mol. The number of aromatic amines is 1. The molecule has 1 unspecified atom stereocenters. The summed E-state index contributed by atoms with van der Waals surface area (Å²) in [6, 6.07) is 14.3. The van der Waals surface area contributed by atoms with Crippen molar-refractivity contribution in [1.82, 2.24) is 19.9 Å². The van der Waals surface area contributed by atoms with E-state index in [1.54, 1.807) is 12.1 Å². The van der Waals surface area contributed by atoms with Gasteiger partial charge in [0.1, 0.15) is 17.4 Å². The number of benzene rings is 2. The van der Waals surface area contributed by atoms with Gasteiger partial charge in [-0.05, 0) is 61.3 Å². The molecule has 0 radical (unpaired) electrons. The number of hydrogen-bond acceptors (Lipinski definition) is 6. The lowest BCUT2D eigenvalue weighted by atomic mass is 10.0. The van der Waals surface area contributed by atoms with E-state index in [0.717, 1.165) is 40.1 Å². The average molecular weight is 483 g/mol. The van der Waals surface area contributed by atoms with Crippen molar-refractivity contribution in [3.8, 4) is 5.75 Å². The van der Waals surface area contributed by atoms with Gasteiger partial charge in [-0.2, -0.15) is 0 Å². The van der Waals surface area contributed by atoms with Crippen molar-refractivity contribution in [2.24, 2.45) is 0 Å². The molecule has 2 aromatic carbocycles. The predicted octanol–water partition coefficient (Wildman–Crippen LogP) is 5.09. The highest BCUT2D eigenvalue weighted by Crippen LogP contribution is 2.37. The van der Waals surface area contributed by atoms with Crippen molar-refractivity contribution in [1.29, 1.82) is 0 Å². The van der Waals surface area contributed by atoms with Gasteiger partial charge in [0.15, 0.2) is 5.65 Å². The molecule has 1 aliphatic heterocycles. The number of nitrogens with one attached hydrogen (secondary N) is 2. The first-order valence-electron chi connectivity index (χ1n) is 11.2. The minimum absolute atomic E-state index is 0.0584. The van der Waals surface area contributed by atoms with Crippen LogP contribution in [0.3, 0.4) is 0 Å². The van der Waals surface area contributed by atoms with Crippen LogP contribution in [0.5, 0.6) is 5.75 Å². The summed E-state index contributed by atoms with van der Waals surface area (Å²) in [6.45, 7) is 3.19. The number of nitrogen functional groups attached to an aromatic ring is 1. The zero-order valence-electron chi connectivity index (χ0n) is 19.3. The third-order valence-corrected chi connectivity index (χ3v) is 5.99. The van der Waals surface area contributed by atoms with Gasteiger partial charge < -0.3 is 20.8 Å². The molecule has 0 fully saturated rings. The second kappa shape index (κ2) is 8.77. The molecule has 0 saturated heterocycles. The van der Waals surface area contributed by atoms with E-state index < -0.39 is 6.36 Å². The Morgan fingerprint density at radius 2 is 1.77 bits per heavy atom. The number of nitrogens with two attached hydrogens (primary N) is 1. The quantitative estimate of drug-likeness (QED) is 0.355. The van der Waals surface area contributed by atoms with Gasteiger partial charge in [-0.3, -0.25) is 4.90 Å². The molecular weight excluding hydrogens is 457 g/mol. The average Bonchev–Trinajstić information content (AvgIpc) is 3.35. The Morgan fingerprint density at radius 1 is 1.06 bits per heavy atom. The van der Waals surface area contributed by atoms with Gasteiger partial charge in [0.05, 0.1) is 11.6 Å². The molecule has 35 heavy (non-hydrogen) atoms. The minimum Gasteiger partial charge on any atom is -0.406 e. The van der Waals surface area contributed by atoms with Crippen molar-refractivity contribution in [2.75, 3.05) is 18.1 Å². The van der Waals surface area contributed by atoms with E-state index in [0.29, 0.717) is 24.6 Å². The van der Waals surface area contributed by atoms with Crippen LogP contribution in [0.15, 0.2) is 48.5 Å². The fourth-order valence-corrected chi connectivity index (χ4v) is 4.60. The Balaban J connectivity index is 1.25. The van der Waals surface area contributed by atoms with E-state index in [4.69, 9.17) is 5.73 Å². The summed E-state index contributed by atoms with van der Waals surface area (Å²) in [7, 11) is 1.98. The molecule has 10 heteroatoms. The highest BCUT2D eigenvalue weighted by molar-refractivity contribution is 5.79. The fraction of sp³-hybridized carbons (Fsp3) is 0.280. The molecule has 1 aliphatic rings. The molecule has 7 nitrogen and oxygen atoms in total. The lowest BCUT2D eigenvalue weighted by Crippen LogP contribution is -2.18. The van der Waals surface area contributed by atoms with E-state index in [9.17, 15) is 13.2 Å². The SMILES string of the molecule is Cc1nc2nc(N)cc(C3Cc4cc(CN(C)Cc5ccc(OC(F)(F)F)cc5)ccc4N3)c2[nH]1. The summed E-state index contributed by atoms with van der Waals surface area (Å²) in [6.07, 6.45) is -3.88. The fourth-order valence-electron chi connectivity index (χ4n) is 4.60. The van der Waals surface area contributed by atoms with Gasteiger partial charge in [-0.15, -0.1) is 13.2 Å². The van der Waals surface area contributed by atoms with Gasteiger partial charge in [0, 0.05) is 24.3 Å². The summed E-state index contributed by atoms with van der Waals surface area (Å²) >= 11 is 0. The largest absolute Gasteiger partial charge is 0.573 e. The van der Waals surface area contributed by atoms with E-state index >= 15 is 0 Å². The van der Waals surface area contributed by atoms with E-state index in [1.807, 2.05) is 20.0 Å². The Bertz CT molecular complexity index is 1370. The molecule has 0 bridgehead atoms. The van der Waals surface area contributed by atoms with Crippen molar-refractivity contribution >= 4 is 22.7 Å². The van der Waals surface area contributed by atoms with Gasteiger partial charge in [0.2, 0.25) is 0 Å². The van der Waals surface area contributed by atoms with Crippen LogP contribution in [-0.2, 0) is 19.5 Å². The molecule has 4 aromatic rings. The zero-order chi connectivity index (χ0) is 24.7. The number of ether oxygens (including phenoxy) is 1. The number of pyridine rings is 1. The number of anilines is 2. The van der Waals surface area contributed by atoms with Crippen LogP contribution in [0, 0.1) is 6.92 Å². The number of H-pyrrole nitrogens is 1. The number of aryl methyl sites for hydroxylation is 1. The highest BCUT2D eigenvalue weighted by Gasteiger charge is 2.31. The van der Waals surface area contributed by atoms with Crippen LogP contribution in [0.25, 0.3) is 11.2 Å². The van der Waals surface area contributed by atoms with Gasteiger partial charge in [-0.1, -0.05) is 24.3 Å². The normalized spacial score (nSPS) is 15.4. The topological polar surface area (TPSA) is 92.1 Å². The Kier molecular flexibility index (Phi) is 5.76. The highest BCUT2D eigenvalue weighted by atomic mass is 19.4. The Hall–Kier alpha value is -3.79. The maximum Gasteiger partial charge on any atom is 0.573 e. The number of fused-ring (bicyclic) bond motifs is 2. The van der Waals surface area contributed by atoms with Crippen molar-refractivity contribution in [2.45, 2.75) is 38.8 Å². The van der Waals surface area contributed by atoms with Crippen molar-refractivity contribution in [3.63, 3.8) is 0 Å². The molecule has 5 rings (SSSR count). The second-order valence-electron chi connectivity index (χ2n) is 8.91. The molecule has 1 atom stereocenters. The molecule has 0 saturated carbocycles. The first-order valence-corrected chi connectivity index (χ1v) is 11.2. The number of rotatable bonds is 6. The molecule has 182 valence electrons. The van der Waals surface area contributed by atoms with Crippen molar-refractivity contribution in [3.05, 3.63) is 76.6 Å². The van der Waals surface area contributed by atoms with E-state index in [-0.39, 0.29) is 11.8 Å². The maximum absolute atomic E-state index is 12.3. The number of nitrogens with zero attached hydrogens (tertiary/aromatic N) is 3. The van der Waals surface area contributed by atoms with Crippen LogP contribution in [0.1, 0.15) is 34.1 Å². The molecular formula is C25H25F3N6O. The zero-order valence-corrected chi connectivity index (χ0v) is 19.3. The minimum atomic E-state index is -4.69. The van der Waals surface area contributed by atoms with Crippen LogP contribution in [0.2, 0.25) is 0 Å². The number of hydrogen-bond donors (Lipinski definition) is 3. The summed E-state index contributed by atoms with van der Waals surface area (Å²) in [4.78, 5) is 14.2. The van der Waals surface area contributed by atoms with Gasteiger partial charge in [-0.25, -0.2) is 9.97 Å². The molecule has 2 aromatic heterocycles. The molecule has 3 heterocycles. The lowest BCUT2D eigenvalue weighted by molar-refractivity contribution is -0.274.